The summed E-state index contributed by atoms with van der Waals surface area (Å²) < 4.78 is 0. The van der Waals surface area contributed by atoms with Crippen LogP contribution in [0.5, 0.6) is 0 Å². The summed E-state index contributed by atoms with van der Waals surface area (Å²) in [7, 11) is 0. The molecule has 1 unspecified atom stereocenters. The van der Waals surface area contributed by atoms with Crippen LogP contribution in [0.15, 0.2) is 18.2 Å². The highest BCUT2D eigenvalue weighted by atomic mass is 35.5. The second-order valence-electron chi connectivity index (χ2n) is 5.68. The van der Waals surface area contributed by atoms with Crippen LogP contribution in [0, 0.1) is 18.3 Å². The Morgan fingerprint density at radius 2 is 2.21 bits per heavy atom. The van der Waals surface area contributed by atoms with Crippen molar-refractivity contribution >= 4 is 23.2 Å². The van der Waals surface area contributed by atoms with Gasteiger partial charge in [-0.25, -0.2) is 0 Å². The molecule has 1 fully saturated rings. The van der Waals surface area contributed by atoms with E-state index >= 15 is 0 Å². The van der Waals surface area contributed by atoms with Crippen molar-refractivity contribution in [2.24, 2.45) is 11.3 Å². The number of hydrogen-bond donors (Lipinski definition) is 2. The quantitative estimate of drug-likeness (QED) is 0.893. The van der Waals surface area contributed by atoms with Crippen LogP contribution in [0.1, 0.15) is 25.8 Å². The molecule has 3 nitrogen and oxygen atoms in total. The predicted octanol–water partition coefficient (Wildman–Crippen LogP) is 3.22. The topological polar surface area (TPSA) is 41.1 Å². The molecule has 104 valence electrons. The van der Waals surface area contributed by atoms with Crippen LogP contribution in [0.4, 0.5) is 5.69 Å². The van der Waals surface area contributed by atoms with Gasteiger partial charge in [-0.1, -0.05) is 31.5 Å². The Labute approximate surface area is 119 Å². The minimum Gasteiger partial charge on any atom is -0.324 e. The molecular formula is C15H21ClN2O. The lowest BCUT2D eigenvalue weighted by atomic mass is 9.75. The van der Waals surface area contributed by atoms with E-state index in [0.717, 1.165) is 25.1 Å². The molecule has 1 aromatic carbocycles. The Hall–Kier alpha value is -1.06. The minimum atomic E-state index is -0.326. The lowest BCUT2D eigenvalue weighted by Gasteiger charge is -2.31. The Kier molecular flexibility index (Phi) is 4.16. The van der Waals surface area contributed by atoms with Crippen molar-refractivity contribution in [2.45, 2.75) is 27.2 Å². The van der Waals surface area contributed by atoms with Gasteiger partial charge >= 0.3 is 0 Å². The first-order valence-corrected chi connectivity index (χ1v) is 7.12. The van der Waals surface area contributed by atoms with Gasteiger partial charge in [-0.15, -0.1) is 0 Å². The number of carbonyl (C=O) groups excluding carboxylic acids is 1. The molecular weight excluding hydrogens is 260 g/mol. The number of rotatable bonds is 3. The van der Waals surface area contributed by atoms with Gasteiger partial charge in [0.05, 0.1) is 16.1 Å². The molecule has 0 bridgehead atoms. The maximum atomic E-state index is 12.6. The summed E-state index contributed by atoms with van der Waals surface area (Å²) in [5.74, 6) is 0.367. The van der Waals surface area contributed by atoms with E-state index in [4.69, 9.17) is 11.6 Å². The molecule has 1 aliphatic heterocycles. The third-order valence-electron chi connectivity index (χ3n) is 4.12. The maximum Gasteiger partial charge on any atom is 0.232 e. The number of amides is 1. The fourth-order valence-corrected chi connectivity index (χ4v) is 2.81. The van der Waals surface area contributed by atoms with E-state index in [2.05, 4.69) is 24.5 Å². The van der Waals surface area contributed by atoms with Gasteiger partial charge < -0.3 is 10.6 Å². The van der Waals surface area contributed by atoms with Gasteiger partial charge in [-0.2, -0.15) is 0 Å². The van der Waals surface area contributed by atoms with Gasteiger partial charge in [-0.05, 0) is 43.5 Å². The molecule has 19 heavy (non-hydrogen) atoms. The van der Waals surface area contributed by atoms with Gasteiger partial charge in [0.25, 0.3) is 0 Å². The van der Waals surface area contributed by atoms with E-state index in [1.807, 2.05) is 25.1 Å². The highest BCUT2D eigenvalue weighted by Gasteiger charge is 2.43. The fourth-order valence-electron chi connectivity index (χ4n) is 2.64. The minimum absolute atomic E-state index is 0.0694. The molecule has 1 atom stereocenters. The van der Waals surface area contributed by atoms with Crippen molar-refractivity contribution in [2.75, 3.05) is 18.4 Å². The Morgan fingerprint density at radius 3 is 2.79 bits per heavy atom. The summed E-state index contributed by atoms with van der Waals surface area (Å²) in [5.41, 5.74) is 1.47. The number of aryl methyl sites for hydroxylation is 1. The average Bonchev–Trinajstić information content (AvgIpc) is 2.84. The molecule has 1 heterocycles. The summed E-state index contributed by atoms with van der Waals surface area (Å²) in [6.07, 6.45) is 0.875. The first kappa shape index (κ1) is 14.4. The Balaban J connectivity index is 2.22. The van der Waals surface area contributed by atoms with Crippen molar-refractivity contribution in [1.29, 1.82) is 0 Å². The van der Waals surface area contributed by atoms with Crippen LogP contribution >= 0.6 is 11.6 Å². The zero-order valence-electron chi connectivity index (χ0n) is 11.7. The predicted molar refractivity (Wildman–Crippen MR) is 79.6 cm³/mol. The summed E-state index contributed by atoms with van der Waals surface area (Å²) in [4.78, 5) is 12.6. The summed E-state index contributed by atoms with van der Waals surface area (Å²) in [6.45, 7) is 7.82. The van der Waals surface area contributed by atoms with E-state index in [-0.39, 0.29) is 11.3 Å². The summed E-state index contributed by atoms with van der Waals surface area (Å²) >= 11 is 6.14. The van der Waals surface area contributed by atoms with Crippen LogP contribution in [-0.4, -0.2) is 19.0 Å². The van der Waals surface area contributed by atoms with Crippen LogP contribution in [0.3, 0.4) is 0 Å². The van der Waals surface area contributed by atoms with Gasteiger partial charge in [0.2, 0.25) is 5.91 Å². The van der Waals surface area contributed by atoms with E-state index in [1.165, 1.54) is 0 Å². The van der Waals surface area contributed by atoms with Gasteiger partial charge in [0.15, 0.2) is 0 Å². The second-order valence-corrected chi connectivity index (χ2v) is 6.08. The van der Waals surface area contributed by atoms with E-state index in [9.17, 15) is 4.79 Å². The average molecular weight is 281 g/mol. The molecule has 0 saturated carbocycles. The third-order valence-corrected chi connectivity index (χ3v) is 4.45. The lowest BCUT2D eigenvalue weighted by molar-refractivity contribution is -0.126. The first-order chi connectivity index (χ1) is 8.95. The molecule has 2 rings (SSSR count). The van der Waals surface area contributed by atoms with E-state index in [0.29, 0.717) is 16.6 Å². The molecule has 0 aliphatic carbocycles. The summed E-state index contributed by atoms with van der Waals surface area (Å²) in [6, 6.07) is 5.67. The summed E-state index contributed by atoms with van der Waals surface area (Å²) in [5, 5.41) is 6.88. The van der Waals surface area contributed by atoms with E-state index in [1.54, 1.807) is 0 Å². The lowest BCUT2D eigenvalue weighted by Crippen LogP contribution is -2.42. The van der Waals surface area contributed by atoms with Crippen LogP contribution in [0.25, 0.3) is 0 Å². The number of benzene rings is 1. The standard InChI is InChI=1S/C15H21ClN2O/c1-10(2)15(6-7-17-9-15)14(19)18-13-8-11(3)4-5-12(13)16/h4-5,8,10,17H,6-7,9H2,1-3H3,(H,18,19). The SMILES string of the molecule is Cc1ccc(Cl)c(NC(=O)C2(C(C)C)CCNC2)c1. The van der Waals surface area contributed by atoms with Crippen molar-refractivity contribution in [3.63, 3.8) is 0 Å². The number of hydrogen-bond acceptors (Lipinski definition) is 2. The molecule has 1 amide bonds. The highest BCUT2D eigenvalue weighted by Crippen LogP contribution is 2.36. The molecule has 2 N–H and O–H groups in total. The number of anilines is 1. The van der Waals surface area contributed by atoms with Gasteiger partial charge in [-0.3, -0.25) is 4.79 Å². The van der Waals surface area contributed by atoms with Gasteiger partial charge in [0.1, 0.15) is 0 Å². The van der Waals surface area contributed by atoms with Crippen molar-refractivity contribution in [3.8, 4) is 0 Å². The number of halogens is 1. The van der Waals surface area contributed by atoms with Crippen LogP contribution < -0.4 is 10.6 Å². The highest BCUT2D eigenvalue weighted by molar-refractivity contribution is 6.33. The van der Waals surface area contributed by atoms with Crippen molar-refractivity contribution in [1.82, 2.24) is 5.32 Å². The van der Waals surface area contributed by atoms with Crippen LogP contribution in [0.2, 0.25) is 5.02 Å². The molecule has 1 aromatic rings. The molecule has 0 radical (unpaired) electrons. The maximum absolute atomic E-state index is 12.6. The van der Waals surface area contributed by atoms with Crippen molar-refractivity contribution in [3.05, 3.63) is 28.8 Å². The number of carbonyl (C=O) groups is 1. The molecule has 1 saturated heterocycles. The molecule has 0 spiro atoms. The zero-order chi connectivity index (χ0) is 14.0. The largest absolute Gasteiger partial charge is 0.324 e. The number of nitrogens with one attached hydrogen (secondary N) is 2. The zero-order valence-corrected chi connectivity index (χ0v) is 12.5. The van der Waals surface area contributed by atoms with Gasteiger partial charge in [0, 0.05) is 6.54 Å². The first-order valence-electron chi connectivity index (χ1n) is 6.74. The smallest absolute Gasteiger partial charge is 0.232 e. The second kappa shape index (κ2) is 5.51. The third kappa shape index (κ3) is 2.77. The normalized spacial score (nSPS) is 22.8. The Bertz CT molecular complexity index is 479. The van der Waals surface area contributed by atoms with Crippen molar-refractivity contribution < 1.29 is 4.79 Å². The molecule has 0 aromatic heterocycles. The van der Waals surface area contributed by atoms with Crippen LogP contribution in [-0.2, 0) is 4.79 Å². The monoisotopic (exact) mass is 280 g/mol. The Morgan fingerprint density at radius 1 is 1.47 bits per heavy atom. The van der Waals surface area contributed by atoms with E-state index < -0.39 is 0 Å². The molecule has 1 aliphatic rings. The fraction of sp³-hybridized carbons (Fsp3) is 0.533. The molecule has 4 heteroatoms.